The molecule has 0 aliphatic heterocycles. The van der Waals surface area contributed by atoms with Crippen molar-refractivity contribution in [1.82, 2.24) is 5.32 Å². The van der Waals surface area contributed by atoms with Gasteiger partial charge in [0.2, 0.25) is 0 Å². The van der Waals surface area contributed by atoms with Gasteiger partial charge in [-0.2, -0.15) is 0 Å². The first-order valence-corrected chi connectivity index (χ1v) is 7.55. The molecule has 1 atom stereocenters. The molecule has 1 fully saturated rings. The Morgan fingerprint density at radius 2 is 1.93 bits per heavy atom. The molecule has 90 valence electrons. The molecule has 1 aliphatic rings. The molecular weight excluding hydrogens is 210 g/mol. The molecule has 1 rings (SSSR count). The maximum atomic E-state index is 11.7. The summed E-state index contributed by atoms with van der Waals surface area (Å²) in [6, 6.07) is 0.0631. The van der Waals surface area contributed by atoms with Crippen molar-refractivity contribution in [2.75, 3.05) is 13.3 Å². The molecule has 1 unspecified atom stereocenters. The largest absolute Gasteiger partial charge is 0.315 e. The third-order valence-electron chi connectivity index (χ3n) is 3.70. The van der Waals surface area contributed by atoms with Crippen molar-refractivity contribution in [3.05, 3.63) is 0 Å². The van der Waals surface area contributed by atoms with Gasteiger partial charge in [0.05, 0.1) is 4.75 Å². The summed E-state index contributed by atoms with van der Waals surface area (Å²) in [5.41, 5.74) is 0. The van der Waals surface area contributed by atoms with Crippen LogP contribution in [0.5, 0.6) is 0 Å². The van der Waals surface area contributed by atoms with E-state index in [0.717, 1.165) is 18.8 Å². The molecule has 0 spiro atoms. The van der Waals surface area contributed by atoms with Crippen molar-refractivity contribution in [2.24, 2.45) is 5.92 Å². The topological polar surface area (TPSA) is 46.2 Å². The first-order valence-electron chi connectivity index (χ1n) is 5.66. The second kappa shape index (κ2) is 4.42. The number of hydrogen-bond acceptors (Lipinski definition) is 3. The van der Waals surface area contributed by atoms with Gasteiger partial charge in [0.25, 0.3) is 0 Å². The minimum absolute atomic E-state index is 0.0631. The third kappa shape index (κ3) is 3.18. The van der Waals surface area contributed by atoms with Gasteiger partial charge >= 0.3 is 0 Å². The zero-order valence-electron chi connectivity index (χ0n) is 10.2. The molecule has 3 nitrogen and oxygen atoms in total. The summed E-state index contributed by atoms with van der Waals surface area (Å²) in [5.74, 6) is 0.858. The molecular formula is C11H23NO2S. The minimum atomic E-state index is -3.00. The Bertz CT molecular complexity index is 305. The summed E-state index contributed by atoms with van der Waals surface area (Å²) in [6.07, 6.45) is 6.10. The highest BCUT2D eigenvalue weighted by Crippen LogP contribution is 2.35. The lowest BCUT2D eigenvalue weighted by atomic mass is 9.97. The summed E-state index contributed by atoms with van der Waals surface area (Å²) in [7, 11) is -1.15. The molecule has 1 aliphatic carbocycles. The molecule has 15 heavy (non-hydrogen) atoms. The molecule has 0 heterocycles. The Labute approximate surface area is 93.6 Å². The Kier molecular flexibility index (Phi) is 3.82. The lowest BCUT2D eigenvalue weighted by Gasteiger charge is -2.32. The summed E-state index contributed by atoms with van der Waals surface area (Å²) >= 11 is 0. The van der Waals surface area contributed by atoms with Crippen LogP contribution in [-0.2, 0) is 9.84 Å². The molecule has 0 amide bonds. The van der Waals surface area contributed by atoms with Gasteiger partial charge in [0, 0.05) is 12.3 Å². The van der Waals surface area contributed by atoms with Crippen molar-refractivity contribution in [2.45, 2.75) is 50.3 Å². The Hall–Kier alpha value is -0.0900. The lowest BCUT2D eigenvalue weighted by molar-refractivity contribution is 0.395. The van der Waals surface area contributed by atoms with Crippen molar-refractivity contribution in [3.63, 3.8) is 0 Å². The monoisotopic (exact) mass is 233 g/mol. The van der Waals surface area contributed by atoms with E-state index < -0.39 is 14.6 Å². The van der Waals surface area contributed by atoms with E-state index in [4.69, 9.17) is 0 Å². The molecule has 4 heteroatoms. The molecule has 1 saturated carbocycles. The van der Waals surface area contributed by atoms with Gasteiger partial charge in [0.15, 0.2) is 9.84 Å². The highest BCUT2D eigenvalue weighted by molar-refractivity contribution is 7.92. The van der Waals surface area contributed by atoms with E-state index in [-0.39, 0.29) is 6.04 Å². The SMILES string of the molecule is CNC(CCC1CC1)C(C)(C)S(C)(=O)=O. The van der Waals surface area contributed by atoms with Crippen LogP contribution in [-0.4, -0.2) is 32.5 Å². The van der Waals surface area contributed by atoms with E-state index in [1.54, 1.807) is 0 Å². The molecule has 0 bridgehead atoms. The fraction of sp³-hybridized carbons (Fsp3) is 1.00. The zero-order chi connectivity index (χ0) is 11.7. The van der Waals surface area contributed by atoms with Crippen LogP contribution >= 0.6 is 0 Å². The standard InChI is InChI=1S/C11H23NO2S/c1-11(2,15(4,13)14)10(12-3)8-7-9-5-6-9/h9-10,12H,5-8H2,1-4H3. The van der Waals surface area contributed by atoms with Crippen LogP contribution in [0.2, 0.25) is 0 Å². The average Bonchev–Trinajstić information content (AvgIpc) is 2.86. The van der Waals surface area contributed by atoms with Crippen LogP contribution in [0.4, 0.5) is 0 Å². The summed E-state index contributed by atoms with van der Waals surface area (Å²) < 4.78 is 22.7. The van der Waals surface area contributed by atoms with E-state index >= 15 is 0 Å². The molecule has 1 N–H and O–H groups in total. The maximum absolute atomic E-state index is 11.7. The Balaban J connectivity index is 2.62. The zero-order valence-corrected chi connectivity index (χ0v) is 11.0. The summed E-state index contributed by atoms with van der Waals surface area (Å²) in [6.45, 7) is 3.63. The summed E-state index contributed by atoms with van der Waals surface area (Å²) in [5, 5.41) is 3.15. The van der Waals surface area contributed by atoms with Gasteiger partial charge < -0.3 is 5.32 Å². The van der Waals surface area contributed by atoms with Crippen molar-refractivity contribution in [1.29, 1.82) is 0 Å². The van der Waals surface area contributed by atoms with E-state index in [1.165, 1.54) is 19.1 Å². The first-order chi connectivity index (χ1) is 6.79. The molecule has 0 aromatic carbocycles. The smallest absolute Gasteiger partial charge is 0.154 e. The first kappa shape index (κ1) is 13.0. The maximum Gasteiger partial charge on any atom is 0.154 e. The Morgan fingerprint density at radius 1 is 1.40 bits per heavy atom. The van der Waals surface area contributed by atoms with Gasteiger partial charge in [-0.05, 0) is 39.7 Å². The predicted molar refractivity (Wildman–Crippen MR) is 63.7 cm³/mol. The summed E-state index contributed by atoms with van der Waals surface area (Å²) in [4.78, 5) is 0. The van der Waals surface area contributed by atoms with Crippen LogP contribution in [0, 0.1) is 5.92 Å². The van der Waals surface area contributed by atoms with Crippen LogP contribution < -0.4 is 5.32 Å². The lowest BCUT2D eigenvalue weighted by Crippen LogP contribution is -2.50. The van der Waals surface area contributed by atoms with E-state index in [2.05, 4.69) is 5.32 Å². The number of rotatable bonds is 6. The highest BCUT2D eigenvalue weighted by Gasteiger charge is 2.38. The quantitative estimate of drug-likeness (QED) is 0.758. The van der Waals surface area contributed by atoms with Gasteiger partial charge in [-0.1, -0.05) is 12.8 Å². The second-order valence-electron chi connectivity index (χ2n) is 5.24. The molecule has 0 radical (unpaired) electrons. The van der Waals surface area contributed by atoms with Crippen LogP contribution in [0.15, 0.2) is 0 Å². The van der Waals surface area contributed by atoms with Gasteiger partial charge in [-0.15, -0.1) is 0 Å². The predicted octanol–water partition coefficient (Wildman–Crippen LogP) is 1.59. The third-order valence-corrected chi connectivity index (χ3v) is 5.90. The Morgan fingerprint density at radius 3 is 2.27 bits per heavy atom. The van der Waals surface area contributed by atoms with Crippen molar-refractivity contribution >= 4 is 9.84 Å². The van der Waals surface area contributed by atoms with Gasteiger partial charge in [-0.25, -0.2) is 8.42 Å². The van der Waals surface area contributed by atoms with Gasteiger partial charge in [-0.3, -0.25) is 0 Å². The van der Waals surface area contributed by atoms with Crippen LogP contribution in [0.1, 0.15) is 39.5 Å². The fourth-order valence-electron chi connectivity index (χ4n) is 1.91. The van der Waals surface area contributed by atoms with Crippen LogP contribution in [0.25, 0.3) is 0 Å². The fourth-order valence-corrected chi connectivity index (χ4v) is 2.66. The number of nitrogens with one attached hydrogen (secondary N) is 1. The minimum Gasteiger partial charge on any atom is -0.315 e. The van der Waals surface area contributed by atoms with E-state index in [0.29, 0.717) is 0 Å². The molecule has 0 saturated heterocycles. The second-order valence-corrected chi connectivity index (χ2v) is 7.83. The molecule has 0 aromatic heterocycles. The average molecular weight is 233 g/mol. The van der Waals surface area contributed by atoms with E-state index in [1.807, 2.05) is 20.9 Å². The highest BCUT2D eigenvalue weighted by atomic mass is 32.2. The van der Waals surface area contributed by atoms with Crippen molar-refractivity contribution < 1.29 is 8.42 Å². The number of hydrogen-bond donors (Lipinski definition) is 1. The molecule has 0 aromatic rings. The van der Waals surface area contributed by atoms with Crippen LogP contribution in [0.3, 0.4) is 0 Å². The van der Waals surface area contributed by atoms with Crippen molar-refractivity contribution in [3.8, 4) is 0 Å². The van der Waals surface area contributed by atoms with Gasteiger partial charge in [0.1, 0.15) is 0 Å². The normalized spacial score (nSPS) is 20.3. The van der Waals surface area contributed by atoms with E-state index in [9.17, 15) is 8.42 Å². The number of sulfone groups is 1.